The third-order valence-electron chi connectivity index (χ3n) is 12.1. The number of rotatable bonds is 9. The van der Waals surface area contributed by atoms with Crippen LogP contribution < -0.4 is 20.5 Å². The van der Waals surface area contributed by atoms with Crippen molar-refractivity contribution in [3.63, 3.8) is 0 Å². The van der Waals surface area contributed by atoms with Gasteiger partial charge in [0, 0.05) is 49.8 Å². The topological polar surface area (TPSA) is 170 Å². The van der Waals surface area contributed by atoms with E-state index in [0.717, 1.165) is 84.2 Å². The number of aliphatic hydroxyl groups is 3. The van der Waals surface area contributed by atoms with Gasteiger partial charge in [-0.1, -0.05) is 56.1 Å². The van der Waals surface area contributed by atoms with Crippen molar-refractivity contribution in [2.45, 2.75) is 115 Å². The maximum absolute atomic E-state index is 12.9. The number of allylic oxidation sites excluding steroid dienone is 1. The number of aryl methyl sites for hydroxylation is 1. The molecule has 288 valence electrons. The monoisotopic (exact) mass is 746 g/mol. The second kappa shape index (κ2) is 15.5. The fourth-order valence-electron chi connectivity index (χ4n) is 9.22. The molecule has 0 amide bonds. The molecule has 5 aliphatic heterocycles. The molecule has 0 radical (unpaired) electrons. The number of phenolic OH excluding ortho intramolecular Hbond substituents is 1. The summed E-state index contributed by atoms with van der Waals surface area (Å²) in [5, 5.41) is 46.8. The highest BCUT2D eigenvalue weighted by Gasteiger charge is 2.48. The van der Waals surface area contributed by atoms with E-state index in [0.29, 0.717) is 30.7 Å². The van der Waals surface area contributed by atoms with Crippen molar-refractivity contribution in [3.05, 3.63) is 75.6 Å². The number of ether oxygens (including phenoxy) is 2. The van der Waals surface area contributed by atoms with E-state index in [9.17, 15) is 25.2 Å². The maximum atomic E-state index is 12.9. The SMILES string of the molecule is CCCC(O)CC(O)CC(=O)CCc1cc2c(cc1O)OC#CC1(CCCC1)C1C#CC(O)c3ccc4c(c3CC3=CN=C5CN(C=C35)C1O2)CCNC4N. The molecule has 5 heterocycles. The second-order valence-corrected chi connectivity index (χ2v) is 15.9. The molecule has 1 spiro atoms. The van der Waals surface area contributed by atoms with Gasteiger partial charge >= 0.3 is 0 Å². The lowest BCUT2D eigenvalue weighted by Gasteiger charge is -2.39. The van der Waals surface area contributed by atoms with Gasteiger partial charge in [0.15, 0.2) is 17.7 Å². The first kappa shape index (κ1) is 37.3. The largest absolute Gasteiger partial charge is 0.508 e. The Kier molecular flexibility index (Phi) is 10.5. The van der Waals surface area contributed by atoms with Crippen LogP contribution in [0.2, 0.25) is 0 Å². The number of aromatic hydroxyl groups is 1. The Labute approximate surface area is 322 Å². The van der Waals surface area contributed by atoms with Gasteiger partial charge in [-0.05, 0) is 78.0 Å². The van der Waals surface area contributed by atoms with Crippen LogP contribution in [0, 0.1) is 35.2 Å². The fraction of sp³-hybridized carbons (Fsp3) is 0.500. The van der Waals surface area contributed by atoms with Gasteiger partial charge in [-0.2, -0.15) is 0 Å². The average Bonchev–Trinajstić information content (AvgIpc) is 3.90. The number of benzene rings is 2. The molecule has 1 saturated carbocycles. The summed E-state index contributed by atoms with van der Waals surface area (Å²) in [6.07, 6.45) is 10.0. The summed E-state index contributed by atoms with van der Waals surface area (Å²) in [6, 6.07) is 7.15. The Morgan fingerprint density at radius 1 is 1.13 bits per heavy atom. The van der Waals surface area contributed by atoms with Crippen molar-refractivity contribution in [2.75, 3.05) is 13.1 Å². The van der Waals surface area contributed by atoms with Crippen LogP contribution in [-0.2, 0) is 24.1 Å². The highest BCUT2D eigenvalue weighted by molar-refractivity contribution is 6.09. The molecule has 0 aromatic heterocycles. The van der Waals surface area contributed by atoms with Gasteiger partial charge in [0.05, 0.1) is 42.0 Å². The van der Waals surface area contributed by atoms with E-state index in [1.54, 1.807) is 6.07 Å². The normalized spacial score (nSPS) is 25.3. The Morgan fingerprint density at radius 3 is 2.76 bits per heavy atom. The standard InChI is InChI=1S/C44H50N4O7/c1-2-5-28(49)20-30(51)21-29(50)7-6-26-19-41-40(22-39(26)53)54-17-15-44(13-3-4-14-44)36-10-11-38(52)32-8-9-33-31(12-16-46-42(33)45)34(32)18-27-23-47-37-25-48(24-35(27)37)43(36)55-41/h8-9,19,22-24,28,30,36,38,42-43,46,49,51-53H,2-7,12-14,16,18,20-21,25,45H2,1H3. The summed E-state index contributed by atoms with van der Waals surface area (Å²) >= 11 is 0. The van der Waals surface area contributed by atoms with E-state index in [2.05, 4.69) is 40.3 Å². The van der Waals surface area contributed by atoms with Gasteiger partial charge in [-0.3, -0.25) is 15.1 Å². The van der Waals surface area contributed by atoms with E-state index < -0.39 is 35.9 Å². The number of Topliss-reactive ketones (excluding diaryl/α,β-unsaturated/α-hetero) is 1. The highest BCUT2D eigenvalue weighted by Crippen LogP contribution is 2.49. The molecule has 1 aliphatic carbocycles. The summed E-state index contributed by atoms with van der Waals surface area (Å²) in [6.45, 7) is 3.20. The Balaban J connectivity index is 1.16. The molecule has 2 aromatic carbocycles. The van der Waals surface area contributed by atoms with Gasteiger partial charge in [0.25, 0.3) is 0 Å². The molecule has 55 heavy (non-hydrogen) atoms. The Morgan fingerprint density at radius 2 is 1.95 bits per heavy atom. The van der Waals surface area contributed by atoms with Gasteiger partial charge in [0.2, 0.25) is 0 Å². The molecule has 8 rings (SSSR count). The number of aliphatic hydroxyl groups excluding tert-OH is 3. The molecular formula is C44H50N4O7. The predicted molar refractivity (Wildman–Crippen MR) is 207 cm³/mol. The van der Waals surface area contributed by atoms with E-state index in [4.69, 9.17) is 20.2 Å². The summed E-state index contributed by atoms with van der Waals surface area (Å²) in [5.74, 6) is 10.2. The Bertz CT molecular complexity index is 2080. The average molecular weight is 747 g/mol. The van der Waals surface area contributed by atoms with Crippen LogP contribution in [-0.4, -0.2) is 68.3 Å². The smallest absolute Gasteiger partial charge is 0.187 e. The molecule has 6 atom stereocenters. The first-order chi connectivity index (χ1) is 26.6. The number of nitrogens with two attached hydrogens (primary N) is 1. The molecule has 7 N–H and O–H groups in total. The van der Waals surface area contributed by atoms with Crippen LogP contribution in [0.5, 0.6) is 17.2 Å². The van der Waals surface area contributed by atoms with Gasteiger partial charge in [-0.15, -0.1) is 0 Å². The number of hydrogen-bond acceptors (Lipinski definition) is 11. The molecule has 11 nitrogen and oxygen atoms in total. The molecule has 1 fully saturated rings. The number of nitrogens with one attached hydrogen (secondary N) is 1. The predicted octanol–water partition coefficient (Wildman–Crippen LogP) is 4.36. The lowest BCUT2D eigenvalue weighted by atomic mass is 9.73. The fourth-order valence-corrected chi connectivity index (χ4v) is 9.22. The molecule has 6 aliphatic rings. The van der Waals surface area contributed by atoms with Gasteiger partial charge in [0.1, 0.15) is 23.7 Å². The van der Waals surface area contributed by atoms with Crippen molar-refractivity contribution in [1.82, 2.24) is 10.2 Å². The highest BCUT2D eigenvalue weighted by atomic mass is 16.5. The number of hydrogen-bond donors (Lipinski definition) is 6. The van der Waals surface area contributed by atoms with Crippen LogP contribution in [0.25, 0.3) is 0 Å². The van der Waals surface area contributed by atoms with E-state index in [1.165, 1.54) is 6.07 Å². The van der Waals surface area contributed by atoms with Crippen LogP contribution in [0.15, 0.2) is 52.8 Å². The first-order valence-corrected chi connectivity index (χ1v) is 19.8. The molecule has 0 saturated heterocycles. The van der Waals surface area contributed by atoms with E-state index in [1.807, 2.05) is 25.3 Å². The van der Waals surface area contributed by atoms with Crippen molar-refractivity contribution in [1.29, 1.82) is 0 Å². The Hall–Kier alpha value is -4.62. The van der Waals surface area contributed by atoms with Crippen LogP contribution in [0.1, 0.15) is 105 Å². The molecule has 2 bridgehead atoms. The number of fused-ring (bicyclic) bond motifs is 8. The lowest BCUT2D eigenvalue weighted by molar-refractivity contribution is -0.121. The van der Waals surface area contributed by atoms with Gasteiger partial charge < -0.3 is 40.5 Å². The van der Waals surface area contributed by atoms with Crippen molar-refractivity contribution < 1.29 is 34.7 Å². The number of carbonyl (C=O) groups excluding carboxylic acids is 1. The third-order valence-corrected chi connectivity index (χ3v) is 12.1. The number of carbonyl (C=O) groups is 1. The minimum absolute atomic E-state index is 0.0524. The zero-order valence-electron chi connectivity index (χ0n) is 31.3. The van der Waals surface area contributed by atoms with Crippen molar-refractivity contribution >= 4 is 11.5 Å². The summed E-state index contributed by atoms with van der Waals surface area (Å²) in [4.78, 5) is 19.9. The summed E-state index contributed by atoms with van der Waals surface area (Å²) in [5.41, 5.74) is 13.4. The number of aliphatic imine (C=N–C) groups is 1. The number of ketones is 1. The molecule has 2 aromatic rings. The number of phenols is 1. The maximum Gasteiger partial charge on any atom is 0.187 e. The van der Waals surface area contributed by atoms with Gasteiger partial charge in [-0.25, -0.2) is 0 Å². The van der Waals surface area contributed by atoms with E-state index >= 15 is 0 Å². The second-order valence-electron chi connectivity index (χ2n) is 15.9. The lowest BCUT2D eigenvalue weighted by Crippen LogP contribution is -2.47. The molecule has 11 heteroatoms. The summed E-state index contributed by atoms with van der Waals surface area (Å²) in [7, 11) is 0. The summed E-state index contributed by atoms with van der Waals surface area (Å²) < 4.78 is 13.0. The number of nitrogens with zero attached hydrogens (tertiary/aromatic N) is 2. The zero-order chi connectivity index (χ0) is 38.3. The third kappa shape index (κ3) is 7.40. The van der Waals surface area contributed by atoms with Crippen LogP contribution in [0.4, 0.5) is 0 Å². The minimum Gasteiger partial charge on any atom is -0.508 e. The van der Waals surface area contributed by atoms with E-state index in [-0.39, 0.29) is 49.1 Å². The zero-order valence-corrected chi connectivity index (χ0v) is 31.3. The molecular weight excluding hydrogens is 697 g/mol. The minimum atomic E-state index is -1.06. The first-order valence-electron chi connectivity index (χ1n) is 19.8. The molecule has 6 unspecified atom stereocenters. The van der Waals surface area contributed by atoms with Crippen LogP contribution >= 0.6 is 0 Å². The van der Waals surface area contributed by atoms with Crippen molar-refractivity contribution in [2.24, 2.45) is 22.1 Å². The quantitative estimate of drug-likeness (QED) is 0.203. The van der Waals surface area contributed by atoms with Crippen LogP contribution in [0.3, 0.4) is 0 Å². The van der Waals surface area contributed by atoms with Crippen molar-refractivity contribution in [3.8, 4) is 41.1 Å².